The Morgan fingerprint density at radius 2 is 2.30 bits per heavy atom. The van der Waals surface area contributed by atoms with Gasteiger partial charge in [0.15, 0.2) is 0 Å². The number of rotatable bonds is 5. The van der Waals surface area contributed by atoms with E-state index < -0.39 is 0 Å². The third-order valence-corrected chi connectivity index (χ3v) is 3.75. The summed E-state index contributed by atoms with van der Waals surface area (Å²) in [7, 11) is 1.66. The Morgan fingerprint density at radius 1 is 1.50 bits per heavy atom. The number of benzene rings is 1. The van der Waals surface area contributed by atoms with Crippen molar-refractivity contribution in [2.24, 2.45) is 5.41 Å². The average Bonchev–Trinajstić information content (AvgIpc) is 2.87. The zero-order valence-electron chi connectivity index (χ0n) is 12.1. The Morgan fingerprint density at radius 3 is 2.95 bits per heavy atom. The van der Waals surface area contributed by atoms with Crippen molar-refractivity contribution in [1.29, 1.82) is 0 Å². The molecule has 0 aromatic heterocycles. The maximum atomic E-state index is 12.1. The molecule has 1 aliphatic heterocycles. The molecule has 1 unspecified atom stereocenters. The molecule has 2 N–H and O–H groups in total. The number of amides is 1. The molecule has 5 heteroatoms. The number of hydrogen-bond donors (Lipinski definition) is 2. The lowest BCUT2D eigenvalue weighted by molar-refractivity contribution is -0.129. The Labute approximate surface area is 126 Å². The standard InChI is InChI=1S/C15H22N2O2.ClH/c1-15(7-9-16-11-15)14(18)17-8-6-12-4-3-5-13(10-12)19-2;/h3-5,10,16H,6-9,11H2,1-2H3,(H,17,18);1H. The third-order valence-electron chi connectivity index (χ3n) is 3.75. The van der Waals surface area contributed by atoms with Crippen LogP contribution in [0.2, 0.25) is 0 Å². The van der Waals surface area contributed by atoms with Crippen molar-refractivity contribution in [3.05, 3.63) is 29.8 Å². The van der Waals surface area contributed by atoms with Gasteiger partial charge in [-0.1, -0.05) is 12.1 Å². The molecule has 0 saturated carbocycles. The Balaban J connectivity index is 0.00000200. The molecule has 112 valence electrons. The van der Waals surface area contributed by atoms with Crippen LogP contribution in [0.1, 0.15) is 18.9 Å². The highest BCUT2D eigenvalue weighted by Crippen LogP contribution is 2.24. The summed E-state index contributed by atoms with van der Waals surface area (Å²) in [4.78, 5) is 12.1. The van der Waals surface area contributed by atoms with Crippen LogP contribution in [0.25, 0.3) is 0 Å². The first kappa shape index (κ1) is 16.8. The molecule has 1 saturated heterocycles. The maximum absolute atomic E-state index is 12.1. The molecule has 1 aromatic carbocycles. The van der Waals surface area contributed by atoms with Crippen LogP contribution in [-0.4, -0.2) is 32.7 Å². The quantitative estimate of drug-likeness (QED) is 0.871. The minimum absolute atomic E-state index is 0. The largest absolute Gasteiger partial charge is 0.497 e. The molecular formula is C15H23ClN2O2. The minimum Gasteiger partial charge on any atom is -0.497 e. The Bertz CT molecular complexity index is 445. The fourth-order valence-electron chi connectivity index (χ4n) is 2.37. The number of carbonyl (C=O) groups is 1. The van der Waals surface area contributed by atoms with Gasteiger partial charge in [0.25, 0.3) is 0 Å². The summed E-state index contributed by atoms with van der Waals surface area (Å²) in [6, 6.07) is 7.95. The number of hydrogen-bond acceptors (Lipinski definition) is 3. The Hall–Kier alpha value is -1.26. The normalized spacial score (nSPS) is 21.1. The molecule has 1 heterocycles. The van der Waals surface area contributed by atoms with Gasteiger partial charge in [-0.2, -0.15) is 0 Å². The Kier molecular flexibility index (Phi) is 6.30. The summed E-state index contributed by atoms with van der Waals surface area (Å²) in [5, 5.41) is 6.27. The van der Waals surface area contributed by atoms with Crippen molar-refractivity contribution in [3.63, 3.8) is 0 Å². The SMILES string of the molecule is COc1cccc(CCNC(=O)C2(C)CCNC2)c1.Cl. The van der Waals surface area contributed by atoms with Gasteiger partial charge in [0.05, 0.1) is 12.5 Å². The molecule has 1 aliphatic rings. The van der Waals surface area contributed by atoms with E-state index in [1.807, 2.05) is 31.2 Å². The average molecular weight is 299 g/mol. The van der Waals surface area contributed by atoms with Crippen LogP contribution in [0, 0.1) is 5.41 Å². The molecule has 2 rings (SSSR count). The molecule has 20 heavy (non-hydrogen) atoms. The lowest BCUT2D eigenvalue weighted by Gasteiger charge is -2.21. The summed E-state index contributed by atoms with van der Waals surface area (Å²) in [5.41, 5.74) is 0.934. The number of halogens is 1. The van der Waals surface area contributed by atoms with E-state index in [2.05, 4.69) is 10.6 Å². The van der Waals surface area contributed by atoms with Crippen molar-refractivity contribution in [3.8, 4) is 5.75 Å². The van der Waals surface area contributed by atoms with Crippen LogP contribution in [0.3, 0.4) is 0 Å². The fraction of sp³-hybridized carbons (Fsp3) is 0.533. The number of methoxy groups -OCH3 is 1. The molecule has 0 aliphatic carbocycles. The lowest BCUT2D eigenvalue weighted by Crippen LogP contribution is -2.41. The van der Waals surface area contributed by atoms with Gasteiger partial charge in [0.1, 0.15) is 5.75 Å². The summed E-state index contributed by atoms with van der Waals surface area (Å²) in [6.45, 7) is 4.40. The molecule has 0 spiro atoms. The van der Waals surface area contributed by atoms with Crippen LogP contribution < -0.4 is 15.4 Å². The molecule has 4 nitrogen and oxygen atoms in total. The smallest absolute Gasteiger partial charge is 0.227 e. The summed E-state index contributed by atoms with van der Waals surface area (Å²) < 4.78 is 5.18. The highest BCUT2D eigenvalue weighted by atomic mass is 35.5. The predicted octanol–water partition coefficient (Wildman–Crippen LogP) is 1.78. The monoisotopic (exact) mass is 298 g/mol. The van der Waals surface area contributed by atoms with Crippen molar-refractivity contribution in [2.45, 2.75) is 19.8 Å². The van der Waals surface area contributed by atoms with Gasteiger partial charge >= 0.3 is 0 Å². The first-order valence-electron chi connectivity index (χ1n) is 6.76. The van der Waals surface area contributed by atoms with Crippen LogP contribution in [0.5, 0.6) is 5.75 Å². The molecule has 1 atom stereocenters. The topological polar surface area (TPSA) is 50.4 Å². The van der Waals surface area contributed by atoms with Gasteiger partial charge in [-0.25, -0.2) is 0 Å². The van der Waals surface area contributed by atoms with E-state index in [4.69, 9.17) is 4.74 Å². The van der Waals surface area contributed by atoms with E-state index in [9.17, 15) is 4.79 Å². The van der Waals surface area contributed by atoms with Gasteiger partial charge in [-0.3, -0.25) is 4.79 Å². The van der Waals surface area contributed by atoms with Gasteiger partial charge < -0.3 is 15.4 Å². The van der Waals surface area contributed by atoms with Gasteiger partial charge in [-0.05, 0) is 44.0 Å². The van der Waals surface area contributed by atoms with Gasteiger partial charge in [0.2, 0.25) is 5.91 Å². The van der Waals surface area contributed by atoms with Crippen LogP contribution >= 0.6 is 12.4 Å². The van der Waals surface area contributed by atoms with Crippen LogP contribution in [0.15, 0.2) is 24.3 Å². The fourth-order valence-corrected chi connectivity index (χ4v) is 2.37. The molecule has 0 radical (unpaired) electrons. The zero-order chi connectivity index (χ0) is 13.7. The van der Waals surface area contributed by atoms with Crippen LogP contribution in [0.4, 0.5) is 0 Å². The van der Waals surface area contributed by atoms with Crippen molar-refractivity contribution >= 4 is 18.3 Å². The maximum Gasteiger partial charge on any atom is 0.227 e. The first-order valence-corrected chi connectivity index (χ1v) is 6.76. The molecular weight excluding hydrogens is 276 g/mol. The van der Waals surface area contributed by atoms with E-state index >= 15 is 0 Å². The van der Waals surface area contributed by atoms with E-state index in [1.165, 1.54) is 5.56 Å². The van der Waals surface area contributed by atoms with E-state index in [1.54, 1.807) is 7.11 Å². The van der Waals surface area contributed by atoms with Gasteiger partial charge in [0, 0.05) is 13.1 Å². The second kappa shape index (κ2) is 7.50. The molecule has 1 fully saturated rings. The number of ether oxygens (including phenoxy) is 1. The third kappa shape index (κ3) is 4.12. The highest BCUT2D eigenvalue weighted by Gasteiger charge is 2.35. The second-order valence-corrected chi connectivity index (χ2v) is 5.34. The van der Waals surface area contributed by atoms with Crippen molar-refractivity contribution < 1.29 is 9.53 Å². The van der Waals surface area contributed by atoms with Crippen molar-refractivity contribution in [1.82, 2.24) is 10.6 Å². The summed E-state index contributed by atoms with van der Waals surface area (Å²) in [5.74, 6) is 1.01. The second-order valence-electron chi connectivity index (χ2n) is 5.34. The van der Waals surface area contributed by atoms with Gasteiger partial charge in [-0.15, -0.1) is 12.4 Å². The van der Waals surface area contributed by atoms with Crippen molar-refractivity contribution in [2.75, 3.05) is 26.7 Å². The molecule has 1 aromatic rings. The van der Waals surface area contributed by atoms with E-state index in [-0.39, 0.29) is 23.7 Å². The first-order chi connectivity index (χ1) is 9.14. The summed E-state index contributed by atoms with van der Waals surface area (Å²) in [6.07, 6.45) is 1.74. The van der Waals surface area contributed by atoms with E-state index in [0.717, 1.165) is 31.7 Å². The predicted molar refractivity (Wildman–Crippen MR) is 82.5 cm³/mol. The lowest BCUT2D eigenvalue weighted by atomic mass is 9.89. The summed E-state index contributed by atoms with van der Waals surface area (Å²) >= 11 is 0. The zero-order valence-corrected chi connectivity index (χ0v) is 12.9. The van der Waals surface area contributed by atoms with E-state index in [0.29, 0.717) is 6.54 Å². The number of nitrogens with one attached hydrogen (secondary N) is 2. The highest BCUT2D eigenvalue weighted by molar-refractivity contribution is 5.85. The number of carbonyl (C=O) groups excluding carboxylic acids is 1. The minimum atomic E-state index is -0.242. The molecule has 1 amide bonds. The van der Waals surface area contributed by atoms with Crippen LogP contribution in [-0.2, 0) is 11.2 Å². The molecule has 0 bridgehead atoms.